The van der Waals surface area contributed by atoms with E-state index in [-0.39, 0.29) is 16.9 Å². The van der Waals surface area contributed by atoms with E-state index < -0.39 is 25.5 Å². The third-order valence-corrected chi connectivity index (χ3v) is 10.7. The Morgan fingerprint density at radius 1 is 1.13 bits per heavy atom. The number of fused-ring (bicyclic) bond motifs is 5. The van der Waals surface area contributed by atoms with Crippen LogP contribution in [0.1, 0.15) is 122 Å². The van der Waals surface area contributed by atoms with Crippen molar-refractivity contribution in [1.82, 2.24) is 0 Å². The maximum absolute atomic E-state index is 10.3. The van der Waals surface area contributed by atoms with E-state index in [0.29, 0.717) is 42.4 Å². The normalized spacial score (nSPS) is 50.0. The van der Waals surface area contributed by atoms with Gasteiger partial charge in [-0.05, 0) is 110 Å². The Bertz CT molecular complexity index is 849. The Morgan fingerprint density at radius 2 is 1.93 bits per heavy atom. The molecule has 172 valence electrons. The smallest absolute Gasteiger partial charge is 0.0577 e. The van der Waals surface area contributed by atoms with Crippen molar-refractivity contribution in [1.29, 1.82) is 0 Å². The van der Waals surface area contributed by atoms with E-state index in [1.54, 1.807) is 0 Å². The second kappa shape index (κ2) is 8.57. The molecule has 4 rings (SSSR count). The lowest BCUT2D eigenvalue weighted by Crippen LogP contribution is -2.50. The van der Waals surface area contributed by atoms with Gasteiger partial charge in [-0.1, -0.05) is 65.9 Å². The van der Waals surface area contributed by atoms with Gasteiger partial charge in [0.2, 0.25) is 0 Å². The molecule has 1 nitrogen and oxygen atoms in total. The fraction of sp³-hybridized carbons (Fsp3) is 0.931. The van der Waals surface area contributed by atoms with Gasteiger partial charge in [0.1, 0.15) is 0 Å². The molecule has 0 bridgehead atoms. The first-order chi connectivity index (χ1) is 17.0. The number of hydrogen-bond acceptors (Lipinski definition) is 1. The maximum atomic E-state index is 10.3. The maximum Gasteiger partial charge on any atom is 0.0577 e. The number of allylic oxidation sites excluding steroid dienone is 1. The first-order valence-electron chi connectivity index (χ1n) is 16.4. The van der Waals surface area contributed by atoms with Crippen molar-refractivity contribution in [2.24, 2.45) is 52.2 Å². The van der Waals surface area contributed by atoms with Crippen LogP contribution < -0.4 is 0 Å². The molecule has 1 heteroatoms. The molecule has 0 radical (unpaired) electrons. The standard InChI is InChI=1S/C29H50O/c1-7-21(19(2)3)9-8-20(4)25-12-13-26-24-11-10-22-18-23(30)14-16-28(22,5)27(24)15-17-29(25,26)6/h10,19-21,23-27,30H,7-9,11-18H2,1-6H3/t20-,21?,23+,24+,25-,26+,27+,28+,29-/m1/s1/i2D3,3D3,19D. The van der Waals surface area contributed by atoms with Crippen LogP contribution in [-0.4, -0.2) is 11.2 Å². The van der Waals surface area contributed by atoms with Crippen LogP contribution in [0.4, 0.5) is 0 Å². The van der Waals surface area contributed by atoms with Gasteiger partial charge in [0, 0.05) is 9.60 Å². The van der Waals surface area contributed by atoms with E-state index in [1.165, 1.54) is 31.3 Å². The van der Waals surface area contributed by atoms with Crippen molar-refractivity contribution in [3.63, 3.8) is 0 Å². The summed E-state index contributed by atoms with van der Waals surface area (Å²) in [6, 6.07) is 0. The van der Waals surface area contributed by atoms with Crippen LogP contribution in [0.25, 0.3) is 0 Å². The molecule has 4 aliphatic carbocycles. The zero-order valence-corrected chi connectivity index (χ0v) is 19.8. The van der Waals surface area contributed by atoms with E-state index >= 15 is 0 Å². The summed E-state index contributed by atoms with van der Waals surface area (Å²) < 4.78 is 56.2. The van der Waals surface area contributed by atoms with Crippen LogP contribution in [0, 0.1) is 52.2 Å². The topological polar surface area (TPSA) is 20.2 Å². The number of hydrogen-bond donors (Lipinski definition) is 1. The molecule has 0 amide bonds. The molecule has 9 atom stereocenters. The summed E-state index contributed by atoms with van der Waals surface area (Å²) in [6.45, 7) is 3.40. The van der Waals surface area contributed by atoms with Crippen molar-refractivity contribution in [2.75, 3.05) is 0 Å². The monoisotopic (exact) mass is 421 g/mol. The Hall–Kier alpha value is -0.300. The summed E-state index contributed by atoms with van der Waals surface area (Å²) >= 11 is 0. The van der Waals surface area contributed by atoms with Gasteiger partial charge in [0.15, 0.2) is 0 Å². The van der Waals surface area contributed by atoms with Gasteiger partial charge in [-0.15, -0.1) is 0 Å². The number of rotatable bonds is 6. The van der Waals surface area contributed by atoms with E-state index in [1.807, 2.05) is 6.92 Å². The molecule has 0 aromatic rings. The van der Waals surface area contributed by atoms with E-state index in [4.69, 9.17) is 9.60 Å². The van der Waals surface area contributed by atoms with E-state index in [0.717, 1.165) is 32.1 Å². The Balaban J connectivity index is 1.48. The van der Waals surface area contributed by atoms with Crippen molar-refractivity contribution < 1.29 is 14.7 Å². The number of aliphatic hydroxyl groups excluding tert-OH is 1. The molecule has 3 saturated carbocycles. The molecular formula is C29H50O. The van der Waals surface area contributed by atoms with Crippen molar-refractivity contribution >= 4 is 0 Å². The lowest BCUT2D eigenvalue weighted by atomic mass is 9.47. The Kier molecular flexibility index (Phi) is 4.43. The summed E-state index contributed by atoms with van der Waals surface area (Å²) in [4.78, 5) is 0. The molecule has 0 heterocycles. The summed E-state index contributed by atoms with van der Waals surface area (Å²) in [7, 11) is 0. The zero-order valence-electron chi connectivity index (χ0n) is 26.8. The fourth-order valence-corrected chi connectivity index (χ4v) is 8.83. The third kappa shape index (κ3) is 3.74. The summed E-state index contributed by atoms with van der Waals surface area (Å²) in [5, 5.41) is 10.3. The first kappa shape index (κ1) is 15.5. The summed E-state index contributed by atoms with van der Waals surface area (Å²) in [6.07, 6.45) is 12.9. The average Bonchev–Trinajstić information content (AvgIpc) is 3.15. The molecule has 1 unspecified atom stereocenters. The lowest BCUT2D eigenvalue weighted by Gasteiger charge is -2.58. The summed E-state index contributed by atoms with van der Waals surface area (Å²) in [5.74, 6) is -0.0592. The van der Waals surface area contributed by atoms with Gasteiger partial charge < -0.3 is 5.11 Å². The second-order valence-corrected chi connectivity index (χ2v) is 12.0. The molecule has 4 aliphatic rings. The molecular weight excluding hydrogens is 364 g/mol. The van der Waals surface area contributed by atoms with Crippen molar-refractivity contribution in [3.8, 4) is 0 Å². The highest BCUT2D eigenvalue weighted by Crippen LogP contribution is 2.67. The zero-order chi connectivity index (χ0) is 27.6. The summed E-state index contributed by atoms with van der Waals surface area (Å²) in [5.41, 5.74) is 2.01. The van der Waals surface area contributed by atoms with Crippen LogP contribution in [0.2, 0.25) is 0 Å². The van der Waals surface area contributed by atoms with Crippen LogP contribution in [0.5, 0.6) is 0 Å². The van der Waals surface area contributed by atoms with Crippen LogP contribution in [0.3, 0.4) is 0 Å². The SMILES string of the molecule is [2H]C([2H])([2H])C([2H])(C(CC)CC[C@@H](C)[C@H]1CC[C@H]2[C@@H]3CC=C4C[C@@H](O)CC[C@]4(C)[C@H]3CC[C@]12C)C([2H])([2H])[2H]. The molecule has 0 spiro atoms. The minimum absolute atomic E-state index is 0.175. The molecule has 0 saturated heterocycles. The second-order valence-electron chi connectivity index (χ2n) is 12.0. The Morgan fingerprint density at radius 3 is 2.67 bits per heavy atom. The van der Waals surface area contributed by atoms with Gasteiger partial charge in [-0.2, -0.15) is 0 Å². The highest BCUT2D eigenvalue weighted by Gasteiger charge is 2.59. The van der Waals surface area contributed by atoms with E-state index in [9.17, 15) is 5.11 Å². The van der Waals surface area contributed by atoms with Crippen molar-refractivity contribution in [2.45, 2.75) is 118 Å². The predicted molar refractivity (Wildman–Crippen MR) is 128 cm³/mol. The lowest BCUT2D eigenvalue weighted by molar-refractivity contribution is -0.0575. The average molecular weight is 422 g/mol. The Labute approximate surface area is 197 Å². The van der Waals surface area contributed by atoms with Crippen LogP contribution in [-0.2, 0) is 0 Å². The minimum Gasteiger partial charge on any atom is -0.393 e. The van der Waals surface area contributed by atoms with Crippen LogP contribution in [0.15, 0.2) is 11.6 Å². The predicted octanol–water partition coefficient (Wildman–Crippen LogP) is 8.02. The van der Waals surface area contributed by atoms with Crippen molar-refractivity contribution in [3.05, 3.63) is 11.6 Å². The van der Waals surface area contributed by atoms with Gasteiger partial charge in [0.05, 0.1) is 6.10 Å². The minimum atomic E-state index is -2.84. The fourth-order valence-electron chi connectivity index (χ4n) is 8.83. The highest BCUT2D eigenvalue weighted by atomic mass is 16.3. The quantitative estimate of drug-likeness (QED) is 0.430. The molecule has 30 heavy (non-hydrogen) atoms. The number of aliphatic hydroxyl groups is 1. The molecule has 0 aromatic carbocycles. The third-order valence-electron chi connectivity index (χ3n) is 10.7. The molecule has 1 N–H and O–H groups in total. The van der Waals surface area contributed by atoms with Gasteiger partial charge in [0.25, 0.3) is 0 Å². The molecule has 3 fully saturated rings. The molecule has 0 aromatic heterocycles. The first-order valence-corrected chi connectivity index (χ1v) is 12.9. The van der Waals surface area contributed by atoms with Gasteiger partial charge >= 0.3 is 0 Å². The highest BCUT2D eigenvalue weighted by molar-refractivity contribution is 5.25. The van der Waals surface area contributed by atoms with E-state index in [2.05, 4.69) is 26.8 Å². The molecule has 0 aliphatic heterocycles. The largest absolute Gasteiger partial charge is 0.393 e. The van der Waals surface area contributed by atoms with Gasteiger partial charge in [-0.3, -0.25) is 0 Å². The van der Waals surface area contributed by atoms with Gasteiger partial charge in [-0.25, -0.2) is 0 Å². The van der Waals surface area contributed by atoms with Crippen LogP contribution >= 0.6 is 0 Å².